The van der Waals surface area contributed by atoms with Crippen molar-refractivity contribution < 1.29 is 9.72 Å². The van der Waals surface area contributed by atoms with Crippen molar-refractivity contribution in [2.45, 2.75) is 18.9 Å². The highest BCUT2D eigenvalue weighted by Gasteiger charge is 2.20. The molecule has 134 valence electrons. The van der Waals surface area contributed by atoms with E-state index in [4.69, 9.17) is 0 Å². The summed E-state index contributed by atoms with van der Waals surface area (Å²) in [5.41, 5.74) is 1.66. The van der Waals surface area contributed by atoms with Crippen LogP contribution in [-0.4, -0.2) is 39.7 Å². The molecule has 2 heterocycles. The standard InChI is InChI=1S/C16H19N5O3.ClH/c1-20-10-14(16(22)18-9-12-3-2-8-17-12)15(19-20)11-4-6-13(7-5-11)21(23)24;/h4-7,10,12,17H,2-3,8-9H2,1H3,(H,18,22);1H. The van der Waals surface area contributed by atoms with E-state index >= 15 is 0 Å². The fourth-order valence-corrected chi connectivity index (χ4v) is 2.85. The van der Waals surface area contributed by atoms with Crippen LogP contribution in [0.2, 0.25) is 0 Å². The lowest BCUT2D eigenvalue weighted by Crippen LogP contribution is -2.37. The molecular formula is C16H20ClN5O3. The van der Waals surface area contributed by atoms with E-state index in [-0.39, 0.29) is 24.0 Å². The lowest BCUT2D eigenvalue weighted by Gasteiger charge is -2.11. The summed E-state index contributed by atoms with van der Waals surface area (Å²) in [5.74, 6) is -0.190. The molecule has 0 radical (unpaired) electrons. The van der Waals surface area contributed by atoms with E-state index in [0.717, 1.165) is 19.4 Å². The molecule has 1 unspecified atom stereocenters. The van der Waals surface area contributed by atoms with Gasteiger partial charge in [-0.2, -0.15) is 5.10 Å². The van der Waals surface area contributed by atoms with Gasteiger partial charge >= 0.3 is 0 Å². The minimum absolute atomic E-state index is 0. The first kappa shape index (κ1) is 18.9. The number of carbonyl (C=O) groups is 1. The van der Waals surface area contributed by atoms with E-state index < -0.39 is 4.92 Å². The predicted octanol–water partition coefficient (Wildman–Crippen LogP) is 1.90. The van der Waals surface area contributed by atoms with Crippen molar-refractivity contribution >= 4 is 24.0 Å². The molecule has 1 aliphatic rings. The topological polar surface area (TPSA) is 102 Å². The van der Waals surface area contributed by atoms with Gasteiger partial charge in [0.05, 0.1) is 10.5 Å². The maximum atomic E-state index is 12.5. The predicted molar refractivity (Wildman–Crippen MR) is 95.9 cm³/mol. The van der Waals surface area contributed by atoms with Gasteiger partial charge in [0, 0.05) is 43.5 Å². The molecular weight excluding hydrogens is 346 g/mol. The zero-order chi connectivity index (χ0) is 17.1. The summed E-state index contributed by atoms with van der Waals surface area (Å²) in [6.45, 7) is 1.56. The van der Waals surface area contributed by atoms with E-state index in [2.05, 4.69) is 15.7 Å². The van der Waals surface area contributed by atoms with Gasteiger partial charge in [0.2, 0.25) is 0 Å². The van der Waals surface area contributed by atoms with Crippen LogP contribution in [0.25, 0.3) is 11.3 Å². The van der Waals surface area contributed by atoms with Crippen molar-refractivity contribution in [1.82, 2.24) is 20.4 Å². The van der Waals surface area contributed by atoms with Gasteiger partial charge in [-0.05, 0) is 31.5 Å². The Morgan fingerprint density at radius 2 is 2.16 bits per heavy atom. The number of aryl methyl sites for hydroxylation is 1. The van der Waals surface area contributed by atoms with Crippen molar-refractivity contribution in [3.05, 3.63) is 46.1 Å². The quantitative estimate of drug-likeness (QED) is 0.622. The number of rotatable bonds is 5. The molecule has 8 nitrogen and oxygen atoms in total. The molecule has 2 aromatic rings. The van der Waals surface area contributed by atoms with Gasteiger partial charge in [0.25, 0.3) is 11.6 Å². The number of nitro groups is 1. The van der Waals surface area contributed by atoms with Gasteiger partial charge in [0.15, 0.2) is 0 Å². The third-order valence-electron chi connectivity index (χ3n) is 4.10. The van der Waals surface area contributed by atoms with Crippen LogP contribution in [0.5, 0.6) is 0 Å². The SMILES string of the molecule is Cl.Cn1cc(C(=O)NCC2CCCN2)c(-c2ccc([N+](=O)[O-])cc2)n1. The Labute approximate surface area is 151 Å². The van der Waals surface area contributed by atoms with Gasteiger partial charge < -0.3 is 10.6 Å². The summed E-state index contributed by atoms with van der Waals surface area (Å²) in [6, 6.07) is 6.35. The van der Waals surface area contributed by atoms with Crippen LogP contribution in [0, 0.1) is 10.1 Å². The number of non-ortho nitro benzene ring substituents is 1. The smallest absolute Gasteiger partial charge is 0.269 e. The molecule has 1 amide bonds. The Bertz CT molecular complexity index is 754. The molecule has 1 aliphatic heterocycles. The van der Waals surface area contributed by atoms with E-state index in [1.807, 2.05) is 0 Å². The van der Waals surface area contributed by atoms with Crippen molar-refractivity contribution in [3.8, 4) is 11.3 Å². The number of nitrogens with one attached hydrogen (secondary N) is 2. The molecule has 3 rings (SSSR count). The third kappa shape index (κ3) is 4.34. The fourth-order valence-electron chi connectivity index (χ4n) is 2.85. The number of benzene rings is 1. The van der Waals surface area contributed by atoms with Crippen molar-refractivity contribution in [2.75, 3.05) is 13.1 Å². The Balaban J connectivity index is 0.00000225. The maximum absolute atomic E-state index is 12.5. The monoisotopic (exact) mass is 365 g/mol. The third-order valence-corrected chi connectivity index (χ3v) is 4.10. The largest absolute Gasteiger partial charge is 0.350 e. The number of halogens is 1. The second kappa shape index (κ2) is 8.09. The summed E-state index contributed by atoms with van der Waals surface area (Å²) in [6.07, 6.45) is 3.85. The molecule has 0 saturated carbocycles. The first-order valence-corrected chi connectivity index (χ1v) is 7.84. The Hall–Kier alpha value is -2.45. The van der Waals surface area contributed by atoms with Crippen LogP contribution in [0.4, 0.5) is 5.69 Å². The van der Waals surface area contributed by atoms with Crippen molar-refractivity contribution in [3.63, 3.8) is 0 Å². The second-order valence-corrected chi connectivity index (χ2v) is 5.87. The van der Waals surface area contributed by atoms with Crippen LogP contribution >= 0.6 is 12.4 Å². The molecule has 1 aromatic heterocycles. The Morgan fingerprint density at radius 3 is 2.76 bits per heavy atom. The van der Waals surface area contributed by atoms with Gasteiger partial charge in [0.1, 0.15) is 5.69 Å². The van der Waals surface area contributed by atoms with Crippen LogP contribution in [0.3, 0.4) is 0 Å². The molecule has 0 aliphatic carbocycles. The summed E-state index contributed by atoms with van der Waals surface area (Å²) < 4.78 is 1.57. The highest BCUT2D eigenvalue weighted by molar-refractivity contribution is 5.99. The summed E-state index contributed by atoms with van der Waals surface area (Å²) in [7, 11) is 1.74. The number of amides is 1. The zero-order valence-corrected chi connectivity index (χ0v) is 14.6. The lowest BCUT2D eigenvalue weighted by atomic mass is 10.1. The van der Waals surface area contributed by atoms with Crippen LogP contribution in [0.1, 0.15) is 23.2 Å². The van der Waals surface area contributed by atoms with E-state index in [0.29, 0.717) is 29.4 Å². The van der Waals surface area contributed by atoms with Gasteiger partial charge in [-0.3, -0.25) is 19.6 Å². The van der Waals surface area contributed by atoms with Crippen molar-refractivity contribution in [2.24, 2.45) is 7.05 Å². The number of hydrogen-bond acceptors (Lipinski definition) is 5. The Kier molecular flexibility index (Phi) is 6.11. The average molecular weight is 366 g/mol. The van der Waals surface area contributed by atoms with E-state index in [9.17, 15) is 14.9 Å². The highest BCUT2D eigenvalue weighted by atomic mass is 35.5. The summed E-state index contributed by atoms with van der Waals surface area (Å²) >= 11 is 0. The molecule has 2 N–H and O–H groups in total. The highest BCUT2D eigenvalue weighted by Crippen LogP contribution is 2.24. The zero-order valence-electron chi connectivity index (χ0n) is 13.8. The number of hydrogen-bond donors (Lipinski definition) is 2. The van der Waals surface area contributed by atoms with E-state index in [1.165, 1.54) is 12.1 Å². The van der Waals surface area contributed by atoms with Gasteiger partial charge in [-0.25, -0.2) is 0 Å². The first-order valence-electron chi connectivity index (χ1n) is 7.84. The molecule has 25 heavy (non-hydrogen) atoms. The molecule has 1 atom stereocenters. The molecule has 9 heteroatoms. The molecule has 1 saturated heterocycles. The molecule has 1 fully saturated rings. The Morgan fingerprint density at radius 1 is 1.44 bits per heavy atom. The van der Waals surface area contributed by atoms with Gasteiger partial charge in [-0.1, -0.05) is 0 Å². The second-order valence-electron chi connectivity index (χ2n) is 5.87. The van der Waals surface area contributed by atoms with Crippen LogP contribution < -0.4 is 10.6 Å². The molecule has 0 bridgehead atoms. The van der Waals surface area contributed by atoms with Crippen LogP contribution in [0.15, 0.2) is 30.5 Å². The number of carbonyl (C=O) groups excluding carboxylic acids is 1. The van der Waals surface area contributed by atoms with Gasteiger partial charge in [-0.15, -0.1) is 12.4 Å². The molecule has 1 aromatic carbocycles. The van der Waals surface area contributed by atoms with Crippen molar-refractivity contribution in [1.29, 1.82) is 0 Å². The number of aromatic nitrogens is 2. The summed E-state index contributed by atoms with van der Waals surface area (Å²) in [4.78, 5) is 22.8. The maximum Gasteiger partial charge on any atom is 0.269 e. The average Bonchev–Trinajstić information content (AvgIpc) is 3.22. The number of nitro benzene ring substituents is 1. The lowest BCUT2D eigenvalue weighted by molar-refractivity contribution is -0.384. The minimum atomic E-state index is -0.454. The summed E-state index contributed by atoms with van der Waals surface area (Å²) in [5, 5.41) is 21.3. The van der Waals surface area contributed by atoms with E-state index in [1.54, 1.807) is 30.1 Å². The fraction of sp³-hybridized carbons (Fsp3) is 0.375. The molecule has 0 spiro atoms. The van der Waals surface area contributed by atoms with Crippen LogP contribution in [-0.2, 0) is 7.05 Å². The minimum Gasteiger partial charge on any atom is -0.350 e. The normalized spacial score (nSPS) is 16.3. The first-order chi connectivity index (χ1) is 11.5. The number of nitrogens with zero attached hydrogens (tertiary/aromatic N) is 3.